The van der Waals surface area contributed by atoms with Crippen LogP contribution in [0.2, 0.25) is 5.02 Å². The molecule has 0 unspecified atom stereocenters. The van der Waals surface area contributed by atoms with Crippen molar-refractivity contribution in [3.05, 3.63) is 52.1 Å². The Hall–Kier alpha value is -1.68. The molecule has 0 aliphatic carbocycles. The van der Waals surface area contributed by atoms with Gasteiger partial charge in [0.2, 0.25) is 0 Å². The predicted molar refractivity (Wildman–Crippen MR) is 72.0 cm³/mol. The smallest absolute Gasteiger partial charge is 0.170 e. The Kier molecular flexibility index (Phi) is 4.00. The van der Waals surface area contributed by atoms with Crippen molar-refractivity contribution in [3.8, 4) is 0 Å². The first-order chi connectivity index (χ1) is 9.01. The monoisotopic (exact) mass is 280 g/mol. The van der Waals surface area contributed by atoms with E-state index in [0.717, 1.165) is 5.69 Å². The zero-order chi connectivity index (χ0) is 14.0. The van der Waals surface area contributed by atoms with Crippen LogP contribution in [-0.2, 0) is 19.9 Å². The van der Waals surface area contributed by atoms with Gasteiger partial charge in [0.15, 0.2) is 5.78 Å². The van der Waals surface area contributed by atoms with Gasteiger partial charge in [0.1, 0.15) is 5.82 Å². The number of benzene rings is 1. The number of carbonyl (C=O) groups excluding carboxylic acids is 1. The Morgan fingerprint density at radius 2 is 2.21 bits per heavy atom. The van der Waals surface area contributed by atoms with Crippen LogP contribution in [0.25, 0.3) is 0 Å². The molecule has 0 radical (unpaired) electrons. The molecule has 19 heavy (non-hydrogen) atoms. The van der Waals surface area contributed by atoms with Gasteiger partial charge >= 0.3 is 0 Å². The third-order valence-corrected chi connectivity index (χ3v) is 3.27. The van der Waals surface area contributed by atoms with Crippen LogP contribution in [0.5, 0.6) is 0 Å². The molecule has 0 amide bonds. The lowest BCUT2D eigenvalue weighted by molar-refractivity contribution is 0.0992. The summed E-state index contributed by atoms with van der Waals surface area (Å²) in [5.74, 6) is -0.494. The highest BCUT2D eigenvalue weighted by atomic mass is 35.5. The summed E-state index contributed by atoms with van der Waals surface area (Å²) in [6.07, 6.45) is 2.45. The first kappa shape index (κ1) is 13.7. The number of ketones is 1. The average molecular weight is 281 g/mol. The summed E-state index contributed by atoms with van der Waals surface area (Å²) in [6.45, 7) is 1.94. The Balaban J connectivity index is 2.27. The maximum Gasteiger partial charge on any atom is 0.170 e. The van der Waals surface area contributed by atoms with Crippen LogP contribution >= 0.6 is 11.6 Å². The SMILES string of the molecule is CCc1nn(C)cc1C(=O)Cc1cc(F)ccc1Cl. The van der Waals surface area contributed by atoms with E-state index in [1.54, 1.807) is 17.9 Å². The quantitative estimate of drug-likeness (QED) is 0.806. The zero-order valence-electron chi connectivity index (χ0n) is 10.8. The molecular formula is C14H14ClFN2O. The molecular weight excluding hydrogens is 267 g/mol. The van der Waals surface area contributed by atoms with E-state index in [1.807, 2.05) is 6.92 Å². The molecule has 1 heterocycles. The number of halogens is 2. The molecule has 0 aliphatic heterocycles. The van der Waals surface area contributed by atoms with E-state index in [1.165, 1.54) is 18.2 Å². The van der Waals surface area contributed by atoms with Crippen LogP contribution in [0, 0.1) is 5.82 Å². The lowest BCUT2D eigenvalue weighted by atomic mass is 10.0. The molecule has 1 aromatic heterocycles. The molecule has 5 heteroatoms. The predicted octanol–water partition coefficient (Wildman–Crippen LogP) is 3.20. The van der Waals surface area contributed by atoms with Crippen LogP contribution in [0.1, 0.15) is 28.5 Å². The molecule has 1 aromatic carbocycles. The summed E-state index contributed by atoms with van der Waals surface area (Å²) in [6, 6.07) is 4.03. The van der Waals surface area contributed by atoms with Crippen molar-refractivity contribution in [2.45, 2.75) is 19.8 Å². The number of hydrogen-bond donors (Lipinski definition) is 0. The summed E-state index contributed by atoms with van der Waals surface area (Å²) in [5.41, 5.74) is 1.82. The zero-order valence-corrected chi connectivity index (χ0v) is 11.5. The van der Waals surface area contributed by atoms with Crippen LogP contribution in [0.15, 0.2) is 24.4 Å². The summed E-state index contributed by atoms with van der Waals surface area (Å²) in [4.78, 5) is 12.2. The third kappa shape index (κ3) is 3.01. The molecule has 0 atom stereocenters. The Bertz CT molecular complexity index is 622. The maximum absolute atomic E-state index is 13.2. The minimum Gasteiger partial charge on any atom is -0.294 e. The number of aryl methyl sites for hydroxylation is 2. The fourth-order valence-corrected chi connectivity index (χ4v) is 2.16. The van der Waals surface area contributed by atoms with Gasteiger partial charge in [-0.05, 0) is 30.2 Å². The van der Waals surface area contributed by atoms with Crippen LogP contribution in [0.4, 0.5) is 4.39 Å². The van der Waals surface area contributed by atoms with E-state index in [4.69, 9.17) is 11.6 Å². The number of nitrogens with zero attached hydrogens (tertiary/aromatic N) is 2. The van der Waals surface area contributed by atoms with Gasteiger partial charge in [-0.1, -0.05) is 18.5 Å². The molecule has 0 fully saturated rings. The molecule has 2 aromatic rings. The highest BCUT2D eigenvalue weighted by molar-refractivity contribution is 6.31. The largest absolute Gasteiger partial charge is 0.294 e. The minimum absolute atomic E-state index is 0.0787. The Morgan fingerprint density at radius 1 is 1.47 bits per heavy atom. The first-order valence-corrected chi connectivity index (χ1v) is 6.38. The molecule has 0 saturated heterocycles. The van der Waals surface area contributed by atoms with Crippen molar-refractivity contribution in [3.63, 3.8) is 0 Å². The number of hydrogen-bond acceptors (Lipinski definition) is 2. The molecule has 0 bridgehead atoms. The van der Waals surface area contributed by atoms with Crippen molar-refractivity contribution in [2.24, 2.45) is 7.05 Å². The van der Waals surface area contributed by atoms with Gasteiger partial charge < -0.3 is 0 Å². The van der Waals surface area contributed by atoms with Gasteiger partial charge in [-0.2, -0.15) is 5.10 Å². The third-order valence-electron chi connectivity index (χ3n) is 2.90. The fraction of sp³-hybridized carbons (Fsp3) is 0.286. The normalized spacial score (nSPS) is 10.7. The topological polar surface area (TPSA) is 34.9 Å². The van der Waals surface area contributed by atoms with E-state index in [0.29, 0.717) is 22.6 Å². The number of Topliss-reactive ketones (excluding diaryl/α,β-unsaturated/α-hetero) is 1. The second kappa shape index (κ2) is 5.53. The second-order valence-corrected chi connectivity index (χ2v) is 4.76. The van der Waals surface area contributed by atoms with E-state index >= 15 is 0 Å². The van der Waals surface area contributed by atoms with Gasteiger partial charge in [0.25, 0.3) is 0 Å². The molecule has 0 N–H and O–H groups in total. The fourth-order valence-electron chi connectivity index (χ4n) is 1.98. The molecule has 100 valence electrons. The minimum atomic E-state index is -0.394. The molecule has 0 aliphatic rings. The number of rotatable bonds is 4. The highest BCUT2D eigenvalue weighted by Crippen LogP contribution is 2.20. The Labute approximate surface area is 116 Å². The first-order valence-electron chi connectivity index (χ1n) is 6.01. The number of aromatic nitrogens is 2. The van der Waals surface area contributed by atoms with Crippen LogP contribution in [-0.4, -0.2) is 15.6 Å². The standard InChI is InChI=1S/C14H14ClFN2O/c1-3-13-11(8-18(2)17-13)14(19)7-9-6-10(16)4-5-12(9)15/h4-6,8H,3,7H2,1-2H3. The van der Waals surface area contributed by atoms with Gasteiger partial charge in [0.05, 0.1) is 11.3 Å². The summed E-state index contributed by atoms with van der Waals surface area (Å²) in [5, 5.41) is 4.62. The lowest BCUT2D eigenvalue weighted by Crippen LogP contribution is -2.06. The van der Waals surface area contributed by atoms with Crippen molar-refractivity contribution < 1.29 is 9.18 Å². The maximum atomic E-state index is 13.2. The molecule has 0 spiro atoms. The molecule has 3 nitrogen and oxygen atoms in total. The van der Waals surface area contributed by atoms with Gasteiger partial charge in [-0.25, -0.2) is 4.39 Å². The Morgan fingerprint density at radius 3 is 2.89 bits per heavy atom. The van der Waals surface area contributed by atoms with Crippen molar-refractivity contribution >= 4 is 17.4 Å². The van der Waals surface area contributed by atoms with Gasteiger partial charge in [-0.3, -0.25) is 9.48 Å². The van der Waals surface area contributed by atoms with E-state index in [-0.39, 0.29) is 12.2 Å². The second-order valence-electron chi connectivity index (χ2n) is 4.35. The van der Waals surface area contributed by atoms with Crippen LogP contribution in [0.3, 0.4) is 0 Å². The molecule has 0 saturated carbocycles. The van der Waals surface area contributed by atoms with E-state index < -0.39 is 5.82 Å². The van der Waals surface area contributed by atoms with Crippen molar-refractivity contribution in [1.29, 1.82) is 0 Å². The van der Waals surface area contributed by atoms with Crippen molar-refractivity contribution in [2.75, 3.05) is 0 Å². The molecule has 2 rings (SSSR count). The number of carbonyl (C=O) groups is 1. The summed E-state index contributed by atoms with van der Waals surface area (Å²) in [7, 11) is 1.77. The van der Waals surface area contributed by atoms with Gasteiger partial charge in [-0.15, -0.1) is 0 Å². The van der Waals surface area contributed by atoms with E-state index in [9.17, 15) is 9.18 Å². The lowest BCUT2D eigenvalue weighted by Gasteiger charge is -2.04. The summed E-state index contributed by atoms with van der Waals surface area (Å²) < 4.78 is 14.8. The highest BCUT2D eigenvalue weighted by Gasteiger charge is 2.16. The average Bonchev–Trinajstić information content (AvgIpc) is 2.75. The summed E-state index contributed by atoms with van der Waals surface area (Å²) >= 11 is 5.97. The van der Waals surface area contributed by atoms with Crippen molar-refractivity contribution in [1.82, 2.24) is 9.78 Å². The van der Waals surface area contributed by atoms with E-state index in [2.05, 4.69) is 5.10 Å². The van der Waals surface area contributed by atoms with Crippen LogP contribution < -0.4 is 0 Å². The van der Waals surface area contributed by atoms with Gasteiger partial charge in [0, 0.05) is 24.7 Å².